The Labute approximate surface area is 112 Å². The van der Waals surface area contributed by atoms with E-state index >= 15 is 0 Å². The van der Waals surface area contributed by atoms with Gasteiger partial charge in [0.15, 0.2) is 0 Å². The first kappa shape index (κ1) is 14.0. The lowest BCUT2D eigenvalue weighted by Crippen LogP contribution is -2.06. The van der Waals surface area contributed by atoms with Crippen LogP contribution in [0, 0.1) is 0 Å². The zero-order valence-electron chi connectivity index (χ0n) is 9.93. The second kappa shape index (κ2) is 5.26. The van der Waals surface area contributed by atoms with Gasteiger partial charge in [-0.25, -0.2) is 0 Å². The molecule has 0 saturated heterocycles. The van der Waals surface area contributed by atoms with Gasteiger partial charge in [0, 0.05) is 18.1 Å². The maximum atomic E-state index is 12.2. The van der Waals surface area contributed by atoms with Crippen LogP contribution >= 0.6 is 11.8 Å². The molecule has 1 atom stereocenters. The minimum Gasteiger partial charge on any atom is -0.382 e. The molecule has 1 N–H and O–H groups in total. The molecule has 0 aliphatic rings. The Hall–Kier alpha value is -1.47. The number of aliphatic hydroxyl groups is 1. The fourth-order valence-electron chi connectivity index (χ4n) is 1.67. The zero-order chi connectivity index (χ0) is 14.0. The second-order valence-electron chi connectivity index (χ2n) is 3.90. The van der Waals surface area contributed by atoms with E-state index in [0.29, 0.717) is 11.3 Å². The van der Waals surface area contributed by atoms with Gasteiger partial charge in [-0.05, 0) is 35.5 Å². The zero-order valence-corrected chi connectivity index (χ0v) is 10.7. The van der Waals surface area contributed by atoms with Gasteiger partial charge in [-0.2, -0.15) is 18.3 Å². The van der Waals surface area contributed by atoms with Crippen LogP contribution in [0.3, 0.4) is 0 Å². The summed E-state index contributed by atoms with van der Waals surface area (Å²) < 4.78 is 38.1. The SMILES string of the molecule is Cn1nccc1C(O)c1ccc(SC(F)(F)F)cc1. The molecule has 3 nitrogen and oxygen atoms in total. The molecule has 1 heterocycles. The quantitative estimate of drug-likeness (QED) is 0.882. The van der Waals surface area contributed by atoms with Crippen LogP contribution in [0.4, 0.5) is 13.2 Å². The van der Waals surface area contributed by atoms with E-state index in [0.717, 1.165) is 0 Å². The predicted octanol–water partition coefficient (Wildman–Crippen LogP) is 3.11. The van der Waals surface area contributed by atoms with Crippen LogP contribution in [-0.4, -0.2) is 20.4 Å². The molecule has 1 unspecified atom stereocenters. The monoisotopic (exact) mass is 288 g/mol. The number of hydrogen-bond acceptors (Lipinski definition) is 3. The highest BCUT2D eigenvalue weighted by molar-refractivity contribution is 8.00. The smallest absolute Gasteiger partial charge is 0.382 e. The Morgan fingerprint density at radius 1 is 1.21 bits per heavy atom. The molecular formula is C12H11F3N2OS. The summed E-state index contributed by atoms with van der Waals surface area (Å²) >= 11 is -0.177. The summed E-state index contributed by atoms with van der Waals surface area (Å²) in [5.74, 6) is 0. The second-order valence-corrected chi connectivity index (χ2v) is 5.04. The topological polar surface area (TPSA) is 38.0 Å². The summed E-state index contributed by atoms with van der Waals surface area (Å²) in [6.45, 7) is 0. The van der Waals surface area contributed by atoms with Crippen molar-refractivity contribution in [1.82, 2.24) is 9.78 Å². The molecule has 0 amide bonds. The third kappa shape index (κ3) is 3.51. The number of hydrogen-bond donors (Lipinski definition) is 1. The van der Waals surface area contributed by atoms with Crippen LogP contribution in [0.1, 0.15) is 17.4 Å². The van der Waals surface area contributed by atoms with Crippen LogP contribution < -0.4 is 0 Å². The molecular weight excluding hydrogens is 277 g/mol. The third-order valence-electron chi connectivity index (χ3n) is 2.57. The van der Waals surface area contributed by atoms with Gasteiger partial charge in [-0.15, -0.1) is 0 Å². The van der Waals surface area contributed by atoms with Gasteiger partial charge in [-0.1, -0.05) is 12.1 Å². The molecule has 0 aliphatic heterocycles. The van der Waals surface area contributed by atoms with E-state index in [1.807, 2.05) is 0 Å². The Kier molecular flexibility index (Phi) is 3.86. The van der Waals surface area contributed by atoms with Crippen LogP contribution in [-0.2, 0) is 7.05 Å². The summed E-state index contributed by atoms with van der Waals surface area (Å²) in [7, 11) is 1.69. The highest BCUT2D eigenvalue weighted by Crippen LogP contribution is 2.37. The Morgan fingerprint density at radius 3 is 2.32 bits per heavy atom. The molecule has 19 heavy (non-hydrogen) atoms. The number of aryl methyl sites for hydroxylation is 1. The number of alkyl halides is 3. The molecule has 0 radical (unpaired) electrons. The largest absolute Gasteiger partial charge is 0.446 e. The van der Waals surface area contributed by atoms with Crippen molar-refractivity contribution in [2.75, 3.05) is 0 Å². The van der Waals surface area contributed by atoms with Gasteiger partial charge >= 0.3 is 5.51 Å². The summed E-state index contributed by atoms with van der Waals surface area (Å²) in [5.41, 5.74) is -3.20. The number of halogens is 3. The number of rotatable bonds is 3. The van der Waals surface area contributed by atoms with Crippen molar-refractivity contribution in [2.24, 2.45) is 7.05 Å². The van der Waals surface area contributed by atoms with Gasteiger partial charge in [0.1, 0.15) is 6.10 Å². The summed E-state index contributed by atoms with van der Waals surface area (Å²) in [6, 6.07) is 7.29. The highest BCUT2D eigenvalue weighted by atomic mass is 32.2. The molecule has 0 bridgehead atoms. The predicted molar refractivity (Wildman–Crippen MR) is 65.6 cm³/mol. The van der Waals surface area contributed by atoms with Gasteiger partial charge in [0.2, 0.25) is 0 Å². The van der Waals surface area contributed by atoms with Crippen molar-refractivity contribution >= 4 is 11.8 Å². The first-order valence-electron chi connectivity index (χ1n) is 5.38. The summed E-state index contributed by atoms with van der Waals surface area (Å²) in [5, 5.41) is 14.0. The van der Waals surface area contributed by atoms with Crippen LogP contribution in [0.2, 0.25) is 0 Å². The molecule has 1 aromatic carbocycles. The lowest BCUT2D eigenvalue weighted by atomic mass is 10.1. The summed E-state index contributed by atoms with van der Waals surface area (Å²) in [6.07, 6.45) is 0.643. The van der Waals surface area contributed by atoms with E-state index < -0.39 is 11.6 Å². The highest BCUT2D eigenvalue weighted by Gasteiger charge is 2.29. The van der Waals surface area contributed by atoms with Crippen molar-refractivity contribution in [3.63, 3.8) is 0 Å². The van der Waals surface area contributed by atoms with Gasteiger partial charge in [0.05, 0.1) is 5.69 Å². The van der Waals surface area contributed by atoms with Gasteiger partial charge < -0.3 is 5.11 Å². The standard InChI is InChI=1S/C12H11F3N2OS/c1-17-10(6-7-16-17)11(18)8-2-4-9(5-3-8)19-12(13,14)15/h2-7,11,18H,1H3. The maximum absolute atomic E-state index is 12.2. The molecule has 102 valence electrons. The van der Waals surface area contributed by atoms with E-state index in [1.54, 1.807) is 19.3 Å². The lowest BCUT2D eigenvalue weighted by molar-refractivity contribution is -0.0328. The van der Waals surface area contributed by atoms with Crippen molar-refractivity contribution in [3.05, 3.63) is 47.8 Å². The maximum Gasteiger partial charge on any atom is 0.446 e. The number of nitrogens with zero attached hydrogens (tertiary/aromatic N) is 2. The van der Waals surface area contributed by atoms with Crippen molar-refractivity contribution in [1.29, 1.82) is 0 Å². The number of benzene rings is 1. The van der Waals surface area contributed by atoms with Crippen molar-refractivity contribution in [3.8, 4) is 0 Å². The number of aliphatic hydroxyl groups excluding tert-OH is 1. The summed E-state index contributed by atoms with van der Waals surface area (Å²) in [4.78, 5) is 0.0912. The molecule has 0 fully saturated rings. The van der Waals surface area contributed by atoms with E-state index in [-0.39, 0.29) is 16.7 Å². The van der Waals surface area contributed by atoms with E-state index in [1.165, 1.54) is 28.9 Å². The number of thioether (sulfide) groups is 1. The van der Waals surface area contributed by atoms with Crippen LogP contribution in [0.15, 0.2) is 41.4 Å². The molecule has 0 saturated carbocycles. The van der Waals surface area contributed by atoms with Crippen LogP contribution in [0.5, 0.6) is 0 Å². The molecule has 7 heteroatoms. The fraction of sp³-hybridized carbons (Fsp3) is 0.250. The number of aromatic nitrogens is 2. The molecule has 1 aromatic heterocycles. The third-order valence-corrected chi connectivity index (χ3v) is 3.31. The molecule has 2 aromatic rings. The van der Waals surface area contributed by atoms with Gasteiger partial charge in [0.25, 0.3) is 0 Å². The van der Waals surface area contributed by atoms with Gasteiger partial charge in [-0.3, -0.25) is 4.68 Å². The normalized spacial score (nSPS) is 13.5. The minimum atomic E-state index is -4.30. The molecule has 2 rings (SSSR count). The van der Waals surface area contributed by atoms with Crippen molar-refractivity contribution < 1.29 is 18.3 Å². The Morgan fingerprint density at radius 2 is 1.84 bits per heavy atom. The van der Waals surface area contributed by atoms with Crippen molar-refractivity contribution in [2.45, 2.75) is 16.5 Å². The Bertz CT molecular complexity index is 551. The first-order valence-corrected chi connectivity index (χ1v) is 6.20. The van der Waals surface area contributed by atoms with E-state index in [9.17, 15) is 18.3 Å². The average molecular weight is 288 g/mol. The minimum absolute atomic E-state index is 0.0912. The fourth-order valence-corrected chi connectivity index (χ4v) is 2.21. The average Bonchev–Trinajstić information content (AvgIpc) is 2.73. The molecule has 0 spiro atoms. The lowest BCUT2D eigenvalue weighted by Gasteiger charge is -2.12. The van der Waals surface area contributed by atoms with Crippen LogP contribution in [0.25, 0.3) is 0 Å². The van der Waals surface area contributed by atoms with E-state index in [4.69, 9.17) is 0 Å². The van der Waals surface area contributed by atoms with E-state index in [2.05, 4.69) is 5.10 Å². The molecule has 0 aliphatic carbocycles. The Balaban J connectivity index is 2.17. The first-order chi connectivity index (χ1) is 8.87.